The molecule has 0 saturated carbocycles. The first kappa shape index (κ1) is 14.0. The first-order valence-corrected chi connectivity index (χ1v) is 6.27. The van der Waals surface area contributed by atoms with Crippen molar-refractivity contribution in [2.45, 2.75) is 32.7 Å². The van der Waals surface area contributed by atoms with Crippen molar-refractivity contribution in [3.05, 3.63) is 29.8 Å². The minimum Gasteiger partial charge on any atom is -0.491 e. The molecular formula is C14H23NO2. The number of rotatable bonds is 8. The monoisotopic (exact) mass is 237 g/mol. The fraction of sp³-hybridized carbons (Fsp3) is 0.571. The second-order valence-corrected chi connectivity index (χ2v) is 4.21. The predicted octanol–water partition coefficient (Wildman–Crippen LogP) is 2.38. The van der Waals surface area contributed by atoms with E-state index in [9.17, 15) is 0 Å². The van der Waals surface area contributed by atoms with E-state index in [0.29, 0.717) is 13.2 Å². The van der Waals surface area contributed by atoms with Crippen LogP contribution < -0.4 is 10.5 Å². The average Bonchev–Trinajstić information content (AvgIpc) is 2.33. The molecule has 0 fully saturated rings. The Kier molecular flexibility index (Phi) is 6.67. The zero-order valence-electron chi connectivity index (χ0n) is 10.8. The predicted molar refractivity (Wildman–Crippen MR) is 70.4 cm³/mol. The van der Waals surface area contributed by atoms with E-state index in [-0.39, 0.29) is 6.04 Å². The van der Waals surface area contributed by atoms with E-state index in [1.165, 1.54) is 5.56 Å². The summed E-state index contributed by atoms with van der Waals surface area (Å²) in [7, 11) is 0. The number of ether oxygens (including phenoxy) is 2. The number of nitrogens with two attached hydrogens (primary N) is 1. The Morgan fingerprint density at radius 1 is 1.18 bits per heavy atom. The van der Waals surface area contributed by atoms with Crippen molar-refractivity contribution in [1.82, 2.24) is 0 Å². The van der Waals surface area contributed by atoms with Crippen molar-refractivity contribution >= 4 is 0 Å². The van der Waals surface area contributed by atoms with Crippen LogP contribution in [-0.2, 0) is 11.2 Å². The summed E-state index contributed by atoms with van der Waals surface area (Å²) in [6, 6.07) is 8.46. The molecule has 1 aromatic carbocycles. The minimum absolute atomic E-state index is 0.261. The summed E-state index contributed by atoms with van der Waals surface area (Å²) in [5.74, 6) is 0.897. The molecule has 0 aromatic heterocycles. The van der Waals surface area contributed by atoms with Crippen molar-refractivity contribution < 1.29 is 9.47 Å². The smallest absolute Gasteiger partial charge is 0.119 e. The first-order valence-electron chi connectivity index (χ1n) is 6.27. The zero-order chi connectivity index (χ0) is 12.5. The lowest BCUT2D eigenvalue weighted by atomic mass is 10.1. The average molecular weight is 237 g/mol. The van der Waals surface area contributed by atoms with Crippen molar-refractivity contribution in [3.63, 3.8) is 0 Å². The zero-order valence-corrected chi connectivity index (χ0v) is 10.8. The molecule has 0 spiro atoms. The maximum absolute atomic E-state index is 5.73. The van der Waals surface area contributed by atoms with Crippen molar-refractivity contribution in [2.24, 2.45) is 5.73 Å². The van der Waals surface area contributed by atoms with E-state index in [0.717, 1.165) is 25.2 Å². The molecule has 0 radical (unpaired) electrons. The Morgan fingerprint density at radius 2 is 1.88 bits per heavy atom. The lowest BCUT2D eigenvalue weighted by Crippen LogP contribution is -2.15. The van der Waals surface area contributed by atoms with Gasteiger partial charge in [0.1, 0.15) is 12.4 Å². The third kappa shape index (κ3) is 6.29. The third-order valence-corrected chi connectivity index (χ3v) is 2.51. The van der Waals surface area contributed by atoms with Crippen LogP contribution in [0.2, 0.25) is 0 Å². The number of hydrogen-bond acceptors (Lipinski definition) is 3. The third-order valence-electron chi connectivity index (χ3n) is 2.51. The van der Waals surface area contributed by atoms with Crippen LogP contribution in [0.25, 0.3) is 0 Å². The molecule has 1 atom stereocenters. The van der Waals surface area contributed by atoms with Crippen molar-refractivity contribution in [3.8, 4) is 5.75 Å². The van der Waals surface area contributed by atoms with Crippen molar-refractivity contribution in [2.75, 3.05) is 19.8 Å². The van der Waals surface area contributed by atoms with Crippen molar-refractivity contribution in [1.29, 1.82) is 0 Å². The van der Waals surface area contributed by atoms with Gasteiger partial charge in [0.2, 0.25) is 0 Å². The Bertz CT molecular complexity index is 296. The molecule has 3 nitrogen and oxygen atoms in total. The Balaban J connectivity index is 2.29. The van der Waals surface area contributed by atoms with Gasteiger partial charge in [-0.25, -0.2) is 0 Å². The molecule has 3 heteroatoms. The lowest BCUT2D eigenvalue weighted by Gasteiger charge is -2.08. The van der Waals surface area contributed by atoms with Crippen LogP contribution in [0.4, 0.5) is 0 Å². The summed E-state index contributed by atoms with van der Waals surface area (Å²) in [6.45, 7) is 5.99. The van der Waals surface area contributed by atoms with Gasteiger partial charge in [0.25, 0.3) is 0 Å². The number of benzene rings is 1. The van der Waals surface area contributed by atoms with Gasteiger partial charge in [-0.05, 0) is 44.4 Å². The van der Waals surface area contributed by atoms with Gasteiger partial charge in [-0.1, -0.05) is 12.1 Å². The summed E-state index contributed by atoms with van der Waals surface area (Å²) in [5, 5.41) is 0. The molecule has 2 N–H and O–H groups in total. The van der Waals surface area contributed by atoms with E-state index in [2.05, 4.69) is 12.1 Å². The van der Waals surface area contributed by atoms with Crippen LogP contribution in [0.1, 0.15) is 25.8 Å². The number of aryl methyl sites for hydroxylation is 1. The quantitative estimate of drug-likeness (QED) is 0.706. The van der Waals surface area contributed by atoms with Gasteiger partial charge in [0.15, 0.2) is 0 Å². The summed E-state index contributed by atoms with van der Waals surface area (Å²) >= 11 is 0. The normalized spacial score (nSPS) is 12.4. The molecule has 0 heterocycles. The van der Waals surface area contributed by atoms with Gasteiger partial charge in [-0.3, -0.25) is 0 Å². The molecule has 1 unspecified atom stereocenters. The Morgan fingerprint density at radius 3 is 2.47 bits per heavy atom. The van der Waals surface area contributed by atoms with Crippen LogP contribution in [-0.4, -0.2) is 25.9 Å². The molecule has 0 aliphatic rings. The second kappa shape index (κ2) is 8.09. The number of hydrogen-bond donors (Lipinski definition) is 1. The van der Waals surface area contributed by atoms with Gasteiger partial charge >= 0.3 is 0 Å². The fourth-order valence-electron chi connectivity index (χ4n) is 1.51. The molecule has 0 aliphatic heterocycles. The molecule has 0 bridgehead atoms. The lowest BCUT2D eigenvalue weighted by molar-refractivity contribution is 0.110. The van der Waals surface area contributed by atoms with Crippen LogP contribution in [0.3, 0.4) is 0 Å². The van der Waals surface area contributed by atoms with Crippen LogP contribution >= 0.6 is 0 Å². The highest BCUT2D eigenvalue weighted by Crippen LogP contribution is 2.13. The highest BCUT2D eigenvalue weighted by Gasteiger charge is 1.98. The van der Waals surface area contributed by atoms with Gasteiger partial charge < -0.3 is 15.2 Å². The Labute approximate surface area is 104 Å². The fourth-order valence-corrected chi connectivity index (χ4v) is 1.51. The summed E-state index contributed by atoms with van der Waals surface area (Å²) in [4.78, 5) is 0. The van der Waals surface area contributed by atoms with E-state index < -0.39 is 0 Å². The highest BCUT2D eigenvalue weighted by atomic mass is 16.5. The molecular weight excluding hydrogens is 214 g/mol. The SMILES string of the molecule is CCOCCOc1ccc(CCC(C)N)cc1. The van der Waals surface area contributed by atoms with Gasteiger partial charge in [0.05, 0.1) is 6.61 Å². The van der Waals surface area contributed by atoms with Crippen LogP contribution in [0.5, 0.6) is 5.75 Å². The molecule has 17 heavy (non-hydrogen) atoms. The molecule has 0 amide bonds. The van der Waals surface area contributed by atoms with Gasteiger partial charge in [-0.15, -0.1) is 0 Å². The van der Waals surface area contributed by atoms with E-state index in [1.807, 2.05) is 26.0 Å². The maximum atomic E-state index is 5.73. The largest absolute Gasteiger partial charge is 0.491 e. The van der Waals surface area contributed by atoms with E-state index >= 15 is 0 Å². The molecule has 96 valence electrons. The molecule has 0 saturated heterocycles. The molecule has 0 aliphatic carbocycles. The Hall–Kier alpha value is -1.06. The van der Waals surface area contributed by atoms with Gasteiger partial charge in [0, 0.05) is 12.6 Å². The van der Waals surface area contributed by atoms with E-state index in [1.54, 1.807) is 0 Å². The summed E-state index contributed by atoms with van der Waals surface area (Å²) in [6.07, 6.45) is 2.04. The van der Waals surface area contributed by atoms with E-state index in [4.69, 9.17) is 15.2 Å². The van der Waals surface area contributed by atoms with Gasteiger partial charge in [-0.2, -0.15) is 0 Å². The highest BCUT2D eigenvalue weighted by molar-refractivity contribution is 5.27. The standard InChI is InChI=1S/C14H23NO2/c1-3-16-10-11-17-14-8-6-13(7-9-14)5-4-12(2)15/h6-9,12H,3-5,10-11,15H2,1-2H3. The molecule has 1 rings (SSSR count). The first-order chi connectivity index (χ1) is 8.22. The maximum Gasteiger partial charge on any atom is 0.119 e. The summed E-state index contributed by atoms with van der Waals surface area (Å²) < 4.78 is 10.7. The van der Waals surface area contributed by atoms with Crippen LogP contribution in [0.15, 0.2) is 24.3 Å². The summed E-state index contributed by atoms with van der Waals surface area (Å²) in [5.41, 5.74) is 7.03. The topological polar surface area (TPSA) is 44.5 Å². The minimum atomic E-state index is 0.261. The molecule has 1 aromatic rings. The van der Waals surface area contributed by atoms with Crippen LogP contribution in [0, 0.1) is 0 Å². The second-order valence-electron chi connectivity index (χ2n) is 4.21.